The molecule has 0 aliphatic carbocycles. The lowest BCUT2D eigenvalue weighted by Crippen LogP contribution is -2.08. The average molecular weight is 249 g/mol. The summed E-state index contributed by atoms with van der Waals surface area (Å²) in [6.07, 6.45) is 0. The molecule has 0 amide bonds. The second-order valence-corrected chi connectivity index (χ2v) is 2.87. The van der Waals surface area contributed by atoms with E-state index in [1.165, 1.54) is 0 Å². The molecular weight excluding hydrogens is 222 g/mol. The Morgan fingerprint density at radius 2 is 1.39 bits per heavy atom. The molecule has 2 heteroatoms. The molecule has 102 valence electrons. The van der Waals surface area contributed by atoms with Crippen LogP contribution in [-0.2, 0) is 0 Å². The Labute approximate surface area is 111 Å². The van der Waals surface area contributed by atoms with Crippen molar-refractivity contribution in [3.05, 3.63) is 46.2 Å². The third-order valence-electron chi connectivity index (χ3n) is 1.94. The molecule has 0 bridgehead atoms. The van der Waals surface area contributed by atoms with Gasteiger partial charge in [-0.05, 0) is 24.4 Å². The molecule has 2 nitrogen and oxygen atoms in total. The van der Waals surface area contributed by atoms with Gasteiger partial charge in [-0.3, -0.25) is 4.79 Å². The lowest BCUT2D eigenvalue weighted by atomic mass is 10.2. The van der Waals surface area contributed by atoms with Crippen LogP contribution in [0.25, 0.3) is 10.9 Å². The van der Waals surface area contributed by atoms with E-state index in [0.29, 0.717) is 0 Å². The minimum absolute atomic E-state index is 0.00583. The van der Waals surface area contributed by atoms with E-state index in [1.807, 2.05) is 78.8 Å². The molecule has 0 radical (unpaired) electrons. The Balaban J connectivity index is 0. The number of rotatable bonds is 0. The molecule has 0 unspecified atom stereocenters. The summed E-state index contributed by atoms with van der Waals surface area (Å²) < 4.78 is 0. The summed E-state index contributed by atoms with van der Waals surface area (Å²) in [5.41, 5.74) is 1.65. The van der Waals surface area contributed by atoms with Gasteiger partial charge in [0.15, 0.2) is 0 Å². The quantitative estimate of drug-likeness (QED) is 0.706. The summed E-state index contributed by atoms with van der Waals surface area (Å²) in [6, 6.07) is 9.65. The van der Waals surface area contributed by atoms with Crippen LogP contribution in [0.5, 0.6) is 0 Å². The van der Waals surface area contributed by atoms with Crippen LogP contribution < -0.4 is 5.56 Å². The Morgan fingerprint density at radius 1 is 0.889 bits per heavy atom. The van der Waals surface area contributed by atoms with Crippen molar-refractivity contribution in [2.75, 3.05) is 0 Å². The summed E-state index contributed by atoms with van der Waals surface area (Å²) in [6.45, 7) is 13.8. The summed E-state index contributed by atoms with van der Waals surface area (Å²) in [5.74, 6) is 0. The Morgan fingerprint density at radius 3 is 1.94 bits per heavy atom. The van der Waals surface area contributed by atoms with Crippen LogP contribution >= 0.6 is 0 Å². The maximum absolute atomic E-state index is 11.2. The van der Waals surface area contributed by atoms with Gasteiger partial charge in [0.2, 0.25) is 0 Å². The third kappa shape index (κ3) is 5.67. The summed E-state index contributed by atoms with van der Waals surface area (Å²) in [4.78, 5) is 14.0. The zero-order valence-electron chi connectivity index (χ0n) is 12.8. The van der Waals surface area contributed by atoms with E-state index in [-0.39, 0.29) is 5.56 Å². The molecule has 1 heterocycles. The van der Waals surface area contributed by atoms with E-state index in [4.69, 9.17) is 0 Å². The number of aromatic amines is 1. The van der Waals surface area contributed by atoms with E-state index in [2.05, 4.69) is 4.98 Å². The average Bonchev–Trinajstić information content (AvgIpc) is 2.47. The molecule has 1 aromatic heterocycles. The van der Waals surface area contributed by atoms with Gasteiger partial charge in [-0.25, -0.2) is 0 Å². The van der Waals surface area contributed by atoms with E-state index >= 15 is 0 Å². The topological polar surface area (TPSA) is 32.9 Å². The van der Waals surface area contributed by atoms with Crippen molar-refractivity contribution < 1.29 is 0 Å². The fourth-order valence-corrected chi connectivity index (χ4v) is 1.26. The van der Waals surface area contributed by atoms with Crippen LogP contribution in [0.15, 0.2) is 35.1 Å². The lowest BCUT2D eigenvalue weighted by molar-refractivity contribution is 1.24. The fourth-order valence-electron chi connectivity index (χ4n) is 1.26. The largest absolute Gasteiger partial charge is 0.322 e. The molecule has 2 aromatic rings. The monoisotopic (exact) mass is 249 g/mol. The number of aryl methyl sites for hydroxylation is 1. The number of hydrogen-bond donors (Lipinski definition) is 1. The van der Waals surface area contributed by atoms with Crippen LogP contribution in [0.4, 0.5) is 0 Å². The minimum Gasteiger partial charge on any atom is -0.322 e. The van der Waals surface area contributed by atoms with Crippen LogP contribution in [0.2, 0.25) is 0 Å². The highest BCUT2D eigenvalue weighted by Crippen LogP contribution is 2.08. The molecule has 0 saturated carbocycles. The van der Waals surface area contributed by atoms with Gasteiger partial charge in [0.1, 0.15) is 0 Å². The molecule has 0 fully saturated rings. The van der Waals surface area contributed by atoms with Gasteiger partial charge in [-0.1, -0.05) is 59.7 Å². The van der Waals surface area contributed by atoms with Crippen molar-refractivity contribution in [1.29, 1.82) is 0 Å². The van der Waals surface area contributed by atoms with Crippen molar-refractivity contribution in [2.45, 2.75) is 48.5 Å². The molecule has 0 aliphatic rings. The first-order valence-electron chi connectivity index (χ1n) is 6.86. The number of H-pyrrole nitrogens is 1. The zero-order chi connectivity index (χ0) is 14.6. The zero-order valence-corrected chi connectivity index (χ0v) is 12.8. The number of nitrogens with one attached hydrogen (secondary N) is 1. The van der Waals surface area contributed by atoms with E-state index < -0.39 is 0 Å². The van der Waals surface area contributed by atoms with Crippen LogP contribution in [0.1, 0.15) is 47.1 Å². The highest BCUT2D eigenvalue weighted by atomic mass is 16.1. The number of fused-ring (bicyclic) bond motifs is 1. The first-order chi connectivity index (χ1) is 8.77. The first-order valence-corrected chi connectivity index (χ1v) is 6.86. The minimum atomic E-state index is -0.00583. The molecule has 18 heavy (non-hydrogen) atoms. The fraction of sp³-hybridized carbons (Fsp3) is 0.438. The number of aromatic nitrogens is 1. The summed E-state index contributed by atoms with van der Waals surface area (Å²) in [7, 11) is 0. The number of hydrogen-bond acceptors (Lipinski definition) is 1. The molecule has 2 rings (SSSR count). The number of pyridine rings is 1. The van der Waals surface area contributed by atoms with Gasteiger partial charge in [0, 0.05) is 11.1 Å². The first kappa shape index (κ1) is 18.8. The molecular formula is C16H27NO. The normalized spacial score (nSPS) is 7.94. The molecule has 1 N–H and O–H groups in total. The molecule has 0 aliphatic heterocycles. The molecule has 1 aromatic carbocycles. The maximum Gasteiger partial charge on any atom is 0.251 e. The van der Waals surface area contributed by atoms with Crippen LogP contribution in [-0.4, -0.2) is 4.98 Å². The molecule has 0 spiro atoms. The SMILES string of the molecule is CC.CC.CC.Cc1cc2ccccc2[nH]c1=O. The number of benzene rings is 1. The van der Waals surface area contributed by atoms with Gasteiger partial charge >= 0.3 is 0 Å². The highest BCUT2D eigenvalue weighted by molar-refractivity contribution is 5.78. The van der Waals surface area contributed by atoms with Gasteiger partial charge in [-0.2, -0.15) is 0 Å². The molecule has 0 saturated heterocycles. The van der Waals surface area contributed by atoms with Gasteiger partial charge in [0.05, 0.1) is 0 Å². The Kier molecular flexibility index (Phi) is 12.4. The maximum atomic E-state index is 11.2. The van der Waals surface area contributed by atoms with Crippen LogP contribution in [0, 0.1) is 6.92 Å². The predicted molar refractivity (Wildman–Crippen MR) is 83.3 cm³/mol. The molecule has 0 atom stereocenters. The standard InChI is InChI=1S/C10H9NO.3C2H6/c1-7-6-8-4-2-3-5-9(8)11-10(7)12;3*1-2/h2-6H,1H3,(H,11,12);3*1-2H3. The van der Waals surface area contributed by atoms with Crippen molar-refractivity contribution in [1.82, 2.24) is 4.98 Å². The number of para-hydroxylation sites is 1. The Bertz CT molecular complexity index is 472. The second-order valence-electron chi connectivity index (χ2n) is 2.87. The van der Waals surface area contributed by atoms with Crippen molar-refractivity contribution >= 4 is 10.9 Å². The van der Waals surface area contributed by atoms with Gasteiger partial charge in [0.25, 0.3) is 5.56 Å². The van der Waals surface area contributed by atoms with Crippen LogP contribution in [0.3, 0.4) is 0 Å². The summed E-state index contributed by atoms with van der Waals surface area (Å²) in [5, 5.41) is 1.08. The Hall–Kier alpha value is -1.57. The van der Waals surface area contributed by atoms with Gasteiger partial charge < -0.3 is 4.98 Å². The van der Waals surface area contributed by atoms with E-state index in [9.17, 15) is 4.79 Å². The summed E-state index contributed by atoms with van der Waals surface area (Å²) >= 11 is 0. The smallest absolute Gasteiger partial charge is 0.251 e. The predicted octanol–water partition coefficient (Wildman–Crippen LogP) is 4.92. The highest BCUT2D eigenvalue weighted by Gasteiger charge is 1.95. The van der Waals surface area contributed by atoms with Gasteiger partial charge in [-0.15, -0.1) is 0 Å². The second kappa shape index (κ2) is 11.9. The third-order valence-corrected chi connectivity index (χ3v) is 1.94. The lowest BCUT2D eigenvalue weighted by Gasteiger charge is -1.97. The van der Waals surface area contributed by atoms with E-state index in [0.717, 1.165) is 16.5 Å². The van der Waals surface area contributed by atoms with E-state index in [1.54, 1.807) is 0 Å². The van der Waals surface area contributed by atoms with Crippen molar-refractivity contribution in [3.8, 4) is 0 Å². The van der Waals surface area contributed by atoms with Crippen molar-refractivity contribution in [3.63, 3.8) is 0 Å². The van der Waals surface area contributed by atoms with Crippen molar-refractivity contribution in [2.24, 2.45) is 0 Å².